The van der Waals surface area contributed by atoms with Crippen LogP contribution >= 0.6 is 24.0 Å². The summed E-state index contributed by atoms with van der Waals surface area (Å²) in [5.74, 6) is 0.566. The van der Waals surface area contributed by atoms with Crippen molar-refractivity contribution < 1.29 is 4.39 Å². The van der Waals surface area contributed by atoms with Crippen molar-refractivity contribution in [2.45, 2.75) is 6.92 Å². The summed E-state index contributed by atoms with van der Waals surface area (Å²) < 4.78 is 15.3. The maximum absolute atomic E-state index is 13.6. The van der Waals surface area contributed by atoms with Crippen LogP contribution in [0.2, 0.25) is 5.02 Å². The second-order valence-corrected chi connectivity index (χ2v) is 7.62. The molecule has 1 aliphatic rings. The van der Waals surface area contributed by atoms with Crippen LogP contribution in [0.4, 0.5) is 16.0 Å². The number of halogens is 3. The maximum atomic E-state index is 13.6. The first-order valence-electron chi connectivity index (χ1n) is 9.73. The van der Waals surface area contributed by atoms with Gasteiger partial charge < -0.3 is 10.6 Å². The Hall–Kier alpha value is -2.68. The topological polar surface area (TPSA) is 76.1 Å². The summed E-state index contributed by atoms with van der Waals surface area (Å²) >= 11 is 5.98. The number of nitrogens with two attached hydrogens (primary N) is 1. The molecular formula is C21H24Cl2FN7. The number of piperazine rings is 1. The number of rotatable bonds is 5. The first kappa shape index (κ1) is 23.0. The highest BCUT2D eigenvalue weighted by atomic mass is 35.5. The average Bonchev–Trinajstić information content (AvgIpc) is 3.08. The van der Waals surface area contributed by atoms with Gasteiger partial charge in [-0.25, -0.2) is 14.1 Å². The molecule has 1 aromatic carbocycles. The SMILES string of the molecule is Cc1c(/C=C/CN2CCN(c3cc(F)cc(Cl)c3)CC2)cnn1-c1ccnc(N)n1.Cl. The van der Waals surface area contributed by atoms with Gasteiger partial charge in [-0.3, -0.25) is 4.90 Å². The zero-order valence-electron chi connectivity index (χ0n) is 17.1. The molecule has 1 saturated heterocycles. The molecule has 4 rings (SSSR count). The molecule has 0 atom stereocenters. The molecule has 7 nitrogen and oxygen atoms in total. The lowest BCUT2D eigenvalue weighted by molar-refractivity contribution is 0.284. The highest BCUT2D eigenvalue weighted by Gasteiger charge is 2.17. The molecule has 0 amide bonds. The van der Waals surface area contributed by atoms with Gasteiger partial charge in [0.15, 0.2) is 5.82 Å². The molecule has 3 aromatic rings. The summed E-state index contributed by atoms with van der Waals surface area (Å²) in [7, 11) is 0. The van der Waals surface area contributed by atoms with Crippen molar-refractivity contribution in [1.82, 2.24) is 24.6 Å². The summed E-state index contributed by atoms with van der Waals surface area (Å²) in [4.78, 5) is 12.6. The lowest BCUT2D eigenvalue weighted by Crippen LogP contribution is -2.46. The van der Waals surface area contributed by atoms with Crippen LogP contribution in [0.1, 0.15) is 11.3 Å². The predicted molar refractivity (Wildman–Crippen MR) is 125 cm³/mol. The summed E-state index contributed by atoms with van der Waals surface area (Å²) in [6, 6.07) is 6.45. The molecule has 0 bridgehead atoms. The van der Waals surface area contributed by atoms with Crippen molar-refractivity contribution in [3.63, 3.8) is 0 Å². The molecule has 0 saturated carbocycles. The van der Waals surface area contributed by atoms with E-state index in [9.17, 15) is 4.39 Å². The van der Waals surface area contributed by atoms with Crippen LogP contribution in [0.5, 0.6) is 0 Å². The second-order valence-electron chi connectivity index (χ2n) is 7.19. The van der Waals surface area contributed by atoms with E-state index in [1.165, 1.54) is 12.1 Å². The third-order valence-corrected chi connectivity index (χ3v) is 5.39. The van der Waals surface area contributed by atoms with Crippen LogP contribution < -0.4 is 10.6 Å². The number of anilines is 2. The fraction of sp³-hybridized carbons (Fsp3) is 0.286. The summed E-state index contributed by atoms with van der Waals surface area (Å²) in [6.45, 7) is 6.30. The van der Waals surface area contributed by atoms with Crippen molar-refractivity contribution in [3.8, 4) is 5.82 Å². The van der Waals surface area contributed by atoms with Crippen molar-refractivity contribution in [2.24, 2.45) is 0 Å². The molecule has 0 aliphatic carbocycles. The molecule has 0 unspecified atom stereocenters. The summed E-state index contributed by atoms with van der Waals surface area (Å²) in [5.41, 5.74) is 8.51. The molecule has 0 radical (unpaired) electrons. The third kappa shape index (κ3) is 5.52. The van der Waals surface area contributed by atoms with E-state index in [0.29, 0.717) is 10.8 Å². The Bertz CT molecular complexity index is 1040. The van der Waals surface area contributed by atoms with E-state index in [4.69, 9.17) is 17.3 Å². The minimum Gasteiger partial charge on any atom is -0.369 e. The lowest BCUT2D eigenvalue weighted by atomic mass is 10.2. The Balaban J connectivity index is 0.00000272. The van der Waals surface area contributed by atoms with Crippen LogP contribution in [0, 0.1) is 12.7 Å². The fourth-order valence-corrected chi connectivity index (χ4v) is 3.75. The molecule has 1 fully saturated rings. The molecule has 0 spiro atoms. The van der Waals surface area contributed by atoms with Gasteiger partial charge in [-0.15, -0.1) is 12.4 Å². The maximum Gasteiger partial charge on any atom is 0.221 e. The number of benzene rings is 1. The predicted octanol–water partition coefficient (Wildman–Crippen LogP) is 3.60. The van der Waals surface area contributed by atoms with E-state index in [0.717, 1.165) is 49.7 Å². The summed E-state index contributed by atoms with van der Waals surface area (Å²) in [5, 5.41) is 4.83. The molecule has 2 N–H and O–H groups in total. The highest BCUT2D eigenvalue weighted by molar-refractivity contribution is 6.30. The number of hydrogen-bond acceptors (Lipinski definition) is 6. The van der Waals surface area contributed by atoms with Gasteiger partial charge in [0.2, 0.25) is 5.95 Å². The van der Waals surface area contributed by atoms with E-state index in [-0.39, 0.29) is 24.2 Å². The van der Waals surface area contributed by atoms with E-state index in [1.54, 1.807) is 16.9 Å². The van der Waals surface area contributed by atoms with Crippen LogP contribution in [-0.2, 0) is 0 Å². The first-order chi connectivity index (χ1) is 14.5. The van der Waals surface area contributed by atoms with Crippen molar-refractivity contribution in [1.29, 1.82) is 0 Å². The molecule has 2 aromatic heterocycles. The zero-order valence-corrected chi connectivity index (χ0v) is 18.7. The van der Waals surface area contributed by atoms with Crippen LogP contribution in [0.3, 0.4) is 0 Å². The molecule has 164 valence electrons. The van der Waals surface area contributed by atoms with E-state index < -0.39 is 0 Å². The largest absolute Gasteiger partial charge is 0.369 e. The third-order valence-electron chi connectivity index (χ3n) is 5.17. The number of nitrogen functional groups attached to an aromatic ring is 1. The van der Waals surface area contributed by atoms with Gasteiger partial charge in [-0.1, -0.05) is 23.8 Å². The van der Waals surface area contributed by atoms with Gasteiger partial charge in [-0.2, -0.15) is 10.1 Å². The Morgan fingerprint density at radius 2 is 1.97 bits per heavy atom. The van der Waals surface area contributed by atoms with Gasteiger partial charge >= 0.3 is 0 Å². The second kappa shape index (κ2) is 10.1. The Morgan fingerprint density at radius 3 is 2.68 bits per heavy atom. The van der Waals surface area contributed by atoms with E-state index in [2.05, 4.69) is 37.0 Å². The van der Waals surface area contributed by atoms with E-state index >= 15 is 0 Å². The zero-order chi connectivity index (χ0) is 21.1. The minimum absolute atomic E-state index is 0. The quantitative estimate of drug-likeness (QED) is 0.622. The molecule has 1 aliphatic heterocycles. The smallest absolute Gasteiger partial charge is 0.221 e. The number of aromatic nitrogens is 4. The van der Waals surface area contributed by atoms with Gasteiger partial charge in [0.05, 0.1) is 11.9 Å². The van der Waals surface area contributed by atoms with Crippen LogP contribution in [0.15, 0.2) is 42.7 Å². The molecule has 31 heavy (non-hydrogen) atoms. The number of hydrogen-bond donors (Lipinski definition) is 1. The normalized spacial score (nSPS) is 14.7. The lowest BCUT2D eigenvalue weighted by Gasteiger charge is -2.35. The Morgan fingerprint density at radius 1 is 1.19 bits per heavy atom. The molecule has 10 heteroatoms. The number of nitrogens with zero attached hydrogens (tertiary/aromatic N) is 6. The molecular weight excluding hydrogens is 440 g/mol. The molecule has 3 heterocycles. The van der Waals surface area contributed by atoms with Crippen LogP contribution in [-0.4, -0.2) is 57.4 Å². The average molecular weight is 464 g/mol. The van der Waals surface area contributed by atoms with Gasteiger partial charge in [0, 0.05) is 61.3 Å². The Kier molecular flexibility index (Phi) is 7.48. The first-order valence-corrected chi connectivity index (χ1v) is 10.1. The van der Waals surface area contributed by atoms with Crippen LogP contribution in [0.25, 0.3) is 11.9 Å². The van der Waals surface area contributed by atoms with Gasteiger partial charge in [-0.05, 0) is 25.1 Å². The van der Waals surface area contributed by atoms with Crippen molar-refractivity contribution >= 4 is 41.7 Å². The highest BCUT2D eigenvalue weighted by Crippen LogP contribution is 2.23. The van der Waals surface area contributed by atoms with Crippen molar-refractivity contribution in [3.05, 3.63) is 64.8 Å². The van der Waals surface area contributed by atoms with Gasteiger partial charge in [0.25, 0.3) is 0 Å². The fourth-order valence-electron chi connectivity index (χ4n) is 3.54. The van der Waals surface area contributed by atoms with Crippen molar-refractivity contribution in [2.75, 3.05) is 43.4 Å². The monoisotopic (exact) mass is 463 g/mol. The van der Waals surface area contributed by atoms with E-state index in [1.807, 2.05) is 19.2 Å². The minimum atomic E-state index is -0.302. The summed E-state index contributed by atoms with van der Waals surface area (Å²) in [6.07, 6.45) is 7.64. The standard InChI is InChI=1S/C21H23ClFN7.ClH/c1-15-16(14-26-30(15)20-4-5-25-21(24)27-20)3-2-6-28-7-9-29(10-8-28)19-12-17(22)11-18(23)13-19;/h2-5,11-14H,6-10H2,1H3,(H2,24,25,27);1H/b3-2+;. The van der Waals surface area contributed by atoms with Gasteiger partial charge in [0.1, 0.15) is 5.82 Å². The Labute approximate surface area is 191 Å².